The maximum atomic E-state index is 6.25. The highest BCUT2D eigenvalue weighted by molar-refractivity contribution is 5.13. The van der Waals surface area contributed by atoms with Crippen molar-refractivity contribution in [1.29, 1.82) is 0 Å². The molecule has 2 fully saturated rings. The average Bonchev–Trinajstić information content (AvgIpc) is 3.01. The molecule has 2 nitrogen and oxygen atoms in total. The number of rotatable bonds is 4. The molecule has 0 N–H and O–H groups in total. The second-order valence-corrected chi connectivity index (χ2v) is 5.93. The molecule has 1 aliphatic carbocycles. The van der Waals surface area contributed by atoms with Crippen molar-refractivity contribution in [2.24, 2.45) is 0 Å². The van der Waals surface area contributed by atoms with Crippen LogP contribution < -0.4 is 0 Å². The number of benzene rings is 1. The molecule has 1 saturated carbocycles. The van der Waals surface area contributed by atoms with E-state index >= 15 is 0 Å². The minimum atomic E-state index is 0.451. The largest absolute Gasteiger partial charge is 0.372 e. The molecule has 2 atom stereocenters. The third-order valence-electron chi connectivity index (χ3n) is 4.58. The van der Waals surface area contributed by atoms with Gasteiger partial charge in [0.15, 0.2) is 0 Å². The molecule has 0 radical (unpaired) electrons. The van der Waals surface area contributed by atoms with Gasteiger partial charge in [0.2, 0.25) is 0 Å². The van der Waals surface area contributed by atoms with E-state index in [2.05, 4.69) is 35.2 Å². The first-order valence-corrected chi connectivity index (χ1v) is 7.83. The van der Waals surface area contributed by atoms with E-state index in [1.165, 1.54) is 57.2 Å². The molecule has 1 aliphatic heterocycles. The summed E-state index contributed by atoms with van der Waals surface area (Å²) >= 11 is 0. The minimum absolute atomic E-state index is 0.451. The lowest BCUT2D eigenvalue weighted by molar-refractivity contribution is -0.0389. The fourth-order valence-electron chi connectivity index (χ4n) is 3.54. The highest BCUT2D eigenvalue weighted by Gasteiger charge is 2.32. The van der Waals surface area contributed by atoms with Gasteiger partial charge in [-0.05, 0) is 44.3 Å². The van der Waals surface area contributed by atoms with Gasteiger partial charge in [0, 0.05) is 6.04 Å². The summed E-state index contributed by atoms with van der Waals surface area (Å²) in [6, 6.07) is 11.3. The lowest BCUT2D eigenvalue weighted by Crippen LogP contribution is -2.45. The van der Waals surface area contributed by atoms with Crippen molar-refractivity contribution in [2.45, 2.75) is 57.3 Å². The minimum Gasteiger partial charge on any atom is -0.372 e. The molecule has 2 heteroatoms. The van der Waals surface area contributed by atoms with Crippen LogP contribution in [0.2, 0.25) is 0 Å². The monoisotopic (exact) mass is 259 g/mol. The van der Waals surface area contributed by atoms with Crippen LogP contribution in [0.15, 0.2) is 30.3 Å². The number of hydrogen-bond donors (Lipinski definition) is 0. The van der Waals surface area contributed by atoms with Crippen molar-refractivity contribution in [2.75, 3.05) is 13.1 Å². The van der Waals surface area contributed by atoms with Gasteiger partial charge in [-0.3, -0.25) is 4.90 Å². The van der Waals surface area contributed by atoms with Gasteiger partial charge in [-0.1, -0.05) is 43.2 Å². The number of hydrogen-bond acceptors (Lipinski definition) is 2. The molecule has 0 spiro atoms. The summed E-state index contributed by atoms with van der Waals surface area (Å²) in [6.45, 7) is 3.35. The van der Waals surface area contributed by atoms with E-state index in [0.717, 1.165) is 6.61 Å². The summed E-state index contributed by atoms with van der Waals surface area (Å²) in [5.74, 6) is 0. The van der Waals surface area contributed by atoms with Gasteiger partial charge in [0.1, 0.15) is 0 Å². The fourth-order valence-corrected chi connectivity index (χ4v) is 3.54. The normalized spacial score (nSPS) is 28.6. The number of ether oxygens (including phenoxy) is 1. The van der Waals surface area contributed by atoms with Crippen LogP contribution in [0.3, 0.4) is 0 Å². The Labute approximate surface area is 116 Å². The van der Waals surface area contributed by atoms with E-state index in [9.17, 15) is 0 Å². The predicted octanol–water partition coefficient (Wildman–Crippen LogP) is 3.61. The molecule has 1 heterocycles. The van der Waals surface area contributed by atoms with Crippen LogP contribution in [0.25, 0.3) is 0 Å². The highest BCUT2D eigenvalue weighted by Crippen LogP contribution is 2.28. The third kappa shape index (κ3) is 3.37. The van der Waals surface area contributed by atoms with E-state index in [1.807, 2.05) is 0 Å². The van der Waals surface area contributed by atoms with Gasteiger partial charge in [-0.25, -0.2) is 0 Å². The molecule has 3 rings (SSSR count). The lowest BCUT2D eigenvalue weighted by atomic mass is 9.91. The maximum Gasteiger partial charge on any atom is 0.0734 e. The standard InChI is InChI=1S/C17H25NO/c1-2-8-15(9-3-1)14-19-17-11-5-4-10-16(17)18-12-6-7-13-18/h1-3,8-9,16-17H,4-7,10-14H2/t16?,17-/m0/s1. The van der Waals surface area contributed by atoms with E-state index in [4.69, 9.17) is 4.74 Å². The zero-order chi connectivity index (χ0) is 12.9. The van der Waals surface area contributed by atoms with Crippen molar-refractivity contribution in [3.8, 4) is 0 Å². The Morgan fingerprint density at radius 3 is 2.47 bits per heavy atom. The molecular weight excluding hydrogens is 234 g/mol. The van der Waals surface area contributed by atoms with Gasteiger partial charge in [0.25, 0.3) is 0 Å². The van der Waals surface area contributed by atoms with Crippen LogP contribution >= 0.6 is 0 Å². The van der Waals surface area contributed by atoms with Crippen LogP contribution in [0.4, 0.5) is 0 Å². The van der Waals surface area contributed by atoms with Gasteiger partial charge in [0.05, 0.1) is 12.7 Å². The van der Waals surface area contributed by atoms with Crippen molar-refractivity contribution in [3.63, 3.8) is 0 Å². The third-order valence-corrected chi connectivity index (χ3v) is 4.58. The Morgan fingerprint density at radius 1 is 0.947 bits per heavy atom. The van der Waals surface area contributed by atoms with Crippen LogP contribution in [0.1, 0.15) is 44.1 Å². The Bertz CT molecular complexity index is 372. The van der Waals surface area contributed by atoms with Gasteiger partial charge in [-0.15, -0.1) is 0 Å². The summed E-state index contributed by atoms with van der Waals surface area (Å²) in [4.78, 5) is 2.68. The fraction of sp³-hybridized carbons (Fsp3) is 0.647. The highest BCUT2D eigenvalue weighted by atomic mass is 16.5. The van der Waals surface area contributed by atoms with E-state index in [1.54, 1.807) is 0 Å². The summed E-state index contributed by atoms with van der Waals surface area (Å²) in [7, 11) is 0. The number of likely N-dealkylation sites (tertiary alicyclic amines) is 1. The Balaban J connectivity index is 1.57. The molecule has 1 aromatic rings. The molecule has 1 aromatic carbocycles. The molecule has 0 aromatic heterocycles. The molecule has 104 valence electrons. The van der Waals surface area contributed by atoms with Gasteiger partial charge in [-0.2, -0.15) is 0 Å². The van der Waals surface area contributed by atoms with Crippen molar-refractivity contribution in [3.05, 3.63) is 35.9 Å². The maximum absolute atomic E-state index is 6.25. The molecule has 19 heavy (non-hydrogen) atoms. The molecule has 1 unspecified atom stereocenters. The van der Waals surface area contributed by atoms with Gasteiger partial charge >= 0.3 is 0 Å². The van der Waals surface area contributed by atoms with Crippen LogP contribution in [-0.2, 0) is 11.3 Å². The van der Waals surface area contributed by atoms with Crippen molar-refractivity contribution in [1.82, 2.24) is 4.90 Å². The van der Waals surface area contributed by atoms with E-state index in [-0.39, 0.29) is 0 Å². The molecule has 0 bridgehead atoms. The quantitative estimate of drug-likeness (QED) is 0.819. The van der Waals surface area contributed by atoms with Crippen LogP contribution in [0.5, 0.6) is 0 Å². The summed E-state index contributed by atoms with van der Waals surface area (Å²) in [5, 5.41) is 0. The van der Waals surface area contributed by atoms with Crippen LogP contribution in [-0.4, -0.2) is 30.1 Å². The average molecular weight is 259 g/mol. The first-order chi connectivity index (χ1) is 9.43. The van der Waals surface area contributed by atoms with E-state index in [0.29, 0.717) is 12.1 Å². The summed E-state index contributed by atoms with van der Waals surface area (Å²) in [5.41, 5.74) is 1.30. The second-order valence-electron chi connectivity index (χ2n) is 5.93. The Kier molecular flexibility index (Phi) is 4.52. The summed E-state index contributed by atoms with van der Waals surface area (Å²) < 4.78 is 6.25. The topological polar surface area (TPSA) is 12.5 Å². The van der Waals surface area contributed by atoms with Crippen molar-refractivity contribution < 1.29 is 4.74 Å². The first-order valence-electron chi connectivity index (χ1n) is 7.83. The lowest BCUT2D eigenvalue weighted by Gasteiger charge is -2.37. The zero-order valence-corrected chi connectivity index (χ0v) is 11.8. The predicted molar refractivity (Wildman–Crippen MR) is 78.1 cm³/mol. The molecular formula is C17H25NO. The zero-order valence-electron chi connectivity index (χ0n) is 11.8. The number of nitrogens with zero attached hydrogens (tertiary/aromatic N) is 1. The Morgan fingerprint density at radius 2 is 1.68 bits per heavy atom. The smallest absolute Gasteiger partial charge is 0.0734 e. The first kappa shape index (κ1) is 13.1. The van der Waals surface area contributed by atoms with Gasteiger partial charge < -0.3 is 4.74 Å². The Hall–Kier alpha value is -0.860. The SMILES string of the molecule is c1ccc(CO[C@H]2CCCCC2N2CCCC2)cc1. The summed E-state index contributed by atoms with van der Waals surface area (Å²) in [6.07, 6.45) is 8.50. The van der Waals surface area contributed by atoms with E-state index < -0.39 is 0 Å². The van der Waals surface area contributed by atoms with Crippen LogP contribution in [0, 0.1) is 0 Å². The molecule has 2 aliphatic rings. The molecule has 1 saturated heterocycles. The molecule has 0 amide bonds. The second kappa shape index (κ2) is 6.53. The van der Waals surface area contributed by atoms with Crippen molar-refractivity contribution >= 4 is 0 Å².